The second-order valence-electron chi connectivity index (χ2n) is 5.04. The van der Waals surface area contributed by atoms with Crippen molar-refractivity contribution >= 4 is 31.8 Å². The van der Waals surface area contributed by atoms with Gasteiger partial charge in [-0.15, -0.1) is 0 Å². The molecule has 0 aliphatic rings. The smallest absolute Gasteiger partial charge is 0.269 e. The van der Waals surface area contributed by atoms with E-state index in [9.17, 15) is 13.7 Å². The number of nitrogen functional groups attached to an aromatic ring is 1. The number of anilines is 1. The van der Waals surface area contributed by atoms with E-state index in [2.05, 4.69) is 15.9 Å². The maximum atomic E-state index is 12.8. The van der Waals surface area contributed by atoms with Crippen LogP contribution in [0.15, 0.2) is 70.2 Å². The van der Waals surface area contributed by atoms with Gasteiger partial charge in [-0.2, -0.15) is 5.26 Å². The van der Waals surface area contributed by atoms with Crippen molar-refractivity contribution in [2.45, 2.75) is 4.90 Å². The summed E-state index contributed by atoms with van der Waals surface area (Å²) in [5, 5.41) is 9.40. The molecule has 0 fully saturated rings. The van der Waals surface area contributed by atoms with Crippen LogP contribution in [-0.4, -0.2) is 12.4 Å². The predicted octanol–water partition coefficient (Wildman–Crippen LogP) is 3.61. The third-order valence-electron chi connectivity index (χ3n) is 3.58. The highest BCUT2D eigenvalue weighted by molar-refractivity contribution is 9.10. The molecule has 5 nitrogen and oxygen atoms in total. The van der Waals surface area contributed by atoms with Crippen LogP contribution in [0.4, 0.5) is 5.82 Å². The Hall–Kier alpha value is -2.56. The Bertz CT molecular complexity index is 1030. The molecule has 3 rings (SSSR count). The number of benzene rings is 2. The van der Waals surface area contributed by atoms with Gasteiger partial charge < -0.3 is 5.73 Å². The van der Waals surface area contributed by atoms with Gasteiger partial charge in [-0.05, 0) is 29.8 Å². The molecular weight excluding hydrogens is 390 g/mol. The van der Waals surface area contributed by atoms with Gasteiger partial charge in [0.1, 0.15) is 17.5 Å². The van der Waals surface area contributed by atoms with Crippen LogP contribution in [-0.2, 0) is 10.0 Å². The van der Waals surface area contributed by atoms with E-state index in [1.54, 1.807) is 24.3 Å². The van der Waals surface area contributed by atoms with Crippen LogP contribution in [0, 0.1) is 11.3 Å². The van der Waals surface area contributed by atoms with Gasteiger partial charge in [0.2, 0.25) is 0 Å². The zero-order chi connectivity index (χ0) is 17.3. The summed E-state index contributed by atoms with van der Waals surface area (Å²) in [6.07, 6.45) is 1.39. The Morgan fingerprint density at radius 3 is 2.25 bits per heavy atom. The van der Waals surface area contributed by atoms with Crippen molar-refractivity contribution in [3.63, 3.8) is 0 Å². The number of halogens is 1. The summed E-state index contributed by atoms with van der Waals surface area (Å²) in [7, 11) is -3.89. The number of rotatable bonds is 3. The van der Waals surface area contributed by atoms with Crippen LogP contribution < -0.4 is 5.73 Å². The Morgan fingerprint density at radius 2 is 1.67 bits per heavy atom. The second-order valence-corrected chi connectivity index (χ2v) is 7.77. The largest absolute Gasteiger partial charge is 0.383 e. The number of aromatic nitrogens is 1. The van der Waals surface area contributed by atoms with Crippen molar-refractivity contribution in [3.05, 3.63) is 70.8 Å². The predicted molar refractivity (Wildman–Crippen MR) is 95.7 cm³/mol. The molecule has 0 aliphatic heterocycles. The molecule has 0 atom stereocenters. The van der Waals surface area contributed by atoms with E-state index in [4.69, 9.17) is 5.73 Å². The zero-order valence-corrected chi connectivity index (χ0v) is 14.8. The van der Waals surface area contributed by atoms with Crippen molar-refractivity contribution < 1.29 is 8.42 Å². The van der Waals surface area contributed by atoms with Gasteiger partial charge in [0.25, 0.3) is 10.0 Å². The Balaban J connectivity index is 2.21. The standard InChI is InChI=1S/C17H12BrN3O2S/c18-13-6-8-14(9-7-13)24(22,23)21-11-16(15(10-19)17(21)20)12-4-2-1-3-5-12/h1-9,11H,20H2. The summed E-state index contributed by atoms with van der Waals surface area (Å²) in [6, 6.07) is 17.3. The van der Waals surface area contributed by atoms with E-state index >= 15 is 0 Å². The number of nitrogens with two attached hydrogens (primary N) is 1. The maximum Gasteiger partial charge on any atom is 0.269 e. The summed E-state index contributed by atoms with van der Waals surface area (Å²) in [5.74, 6) is -0.0979. The van der Waals surface area contributed by atoms with Crippen LogP contribution in [0.25, 0.3) is 11.1 Å². The van der Waals surface area contributed by atoms with E-state index in [1.165, 1.54) is 18.3 Å². The summed E-state index contributed by atoms with van der Waals surface area (Å²) in [6.45, 7) is 0. The van der Waals surface area contributed by atoms with Crippen LogP contribution in [0.1, 0.15) is 5.56 Å². The van der Waals surface area contributed by atoms with Crippen molar-refractivity contribution in [1.82, 2.24) is 3.97 Å². The van der Waals surface area contributed by atoms with Crippen molar-refractivity contribution in [1.29, 1.82) is 5.26 Å². The van der Waals surface area contributed by atoms with E-state index in [0.717, 1.165) is 14.0 Å². The Kier molecular flexibility index (Phi) is 4.18. The molecule has 2 N–H and O–H groups in total. The quantitative estimate of drug-likeness (QED) is 0.725. The van der Waals surface area contributed by atoms with Gasteiger partial charge in [-0.25, -0.2) is 12.4 Å². The molecule has 0 radical (unpaired) electrons. The number of hydrogen-bond donors (Lipinski definition) is 1. The fourth-order valence-electron chi connectivity index (χ4n) is 2.37. The lowest BCUT2D eigenvalue weighted by molar-refractivity contribution is 0.588. The third kappa shape index (κ3) is 2.70. The molecule has 120 valence electrons. The van der Waals surface area contributed by atoms with Gasteiger partial charge >= 0.3 is 0 Å². The van der Waals surface area contributed by atoms with Gasteiger partial charge in [0, 0.05) is 16.2 Å². The van der Waals surface area contributed by atoms with E-state index in [1.807, 2.05) is 24.3 Å². The molecule has 1 aromatic heterocycles. The van der Waals surface area contributed by atoms with Gasteiger partial charge in [0.05, 0.1) is 4.90 Å². The summed E-state index contributed by atoms with van der Waals surface area (Å²) < 4.78 is 27.4. The first kappa shape index (κ1) is 16.3. The highest BCUT2D eigenvalue weighted by Gasteiger charge is 2.24. The van der Waals surface area contributed by atoms with Gasteiger partial charge in [0.15, 0.2) is 0 Å². The van der Waals surface area contributed by atoms with Crippen molar-refractivity contribution in [3.8, 4) is 17.2 Å². The average Bonchev–Trinajstić information content (AvgIpc) is 2.93. The monoisotopic (exact) mass is 401 g/mol. The summed E-state index contributed by atoms with van der Waals surface area (Å²) >= 11 is 3.27. The van der Waals surface area contributed by atoms with Crippen LogP contribution >= 0.6 is 15.9 Å². The molecule has 0 spiro atoms. The normalized spacial score (nSPS) is 11.2. The van der Waals surface area contributed by atoms with Gasteiger partial charge in [-0.1, -0.05) is 46.3 Å². The summed E-state index contributed by atoms with van der Waals surface area (Å²) in [4.78, 5) is 0.0940. The lowest BCUT2D eigenvalue weighted by Crippen LogP contribution is -2.14. The van der Waals surface area contributed by atoms with Crippen LogP contribution in [0.2, 0.25) is 0 Å². The Morgan fingerprint density at radius 1 is 1.04 bits per heavy atom. The minimum absolute atomic E-state index is 0.0940. The molecule has 0 unspecified atom stereocenters. The lowest BCUT2D eigenvalue weighted by Gasteiger charge is -2.07. The first-order chi connectivity index (χ1) is 11.4. The van der Waals surface area contributed by atoms with E-state index in [0.29, 0.717) is 5.56 Å². The van der Waals surface area contributed by atoms with Gasteiger partial charge in [-0.3, -0.25) is 0 Å². The molecule has 7 heteroatoms. The molecule has 0 bridgehead atoms. The van der Waals surface area contributed by atoms with Crippen LogP contribution in [0.5, 0.6) is 0 Å². The van der Waals surface area contributed by atoms with Crippen molar-refractivity contribution in [2.75, 3.05) is 5.73 Å². The topological polar surface area (TPSA) is 88.9 Å². The molecule has 24 heavy (non-hydrogen) atoms. The minimum Gasteiger partial charge on any atom is -0.383 e. The first-order valence-electron chi connectivity index (χ1n) is 6.92. The van der Waals surface area contributed by atoms with E-state index in [-0.39, 0.29) is 16.3 Å². The molecule has 3 aromatic rings. The fraction of sp³-hybridized carbons (Fsp3) is 0. The molecular formula is C17H12BrN3O2S. The molecule has 2 aromatic carbocycles. The molecule has 0 saturated heterocycles. The fourth-order valence-corrected chi connectivity index (χ4v) is 3.94. The summed E-state index contributed by atoms with van der Waals surface area (Å²) in [5.41, 5.74) is 7.31. The SMILES string of the molecule is N#Cc1c(-c2ccccc2)cn(S(=O)(=O)c2ccc(Br)cc2)c1N. The molecule has 0 aliphatic carbocycles. The first-order valence-corrected chi connectivity index (χ1v) is 9.16. The zero-order valence-electron chi connectivity index (χ0n) is 12.3. The average molecular weight is 402 g/mol. The second kappa shape index (κ2) is 6.15. The molecule has 1 heterocycles. The number of nitrogens with zero attached hydrogens (tertiary/aromatic N) is 2. The highest BCUT2D eigenvalue weighted by Crippen LogP contribution is 2.32. The van der Waals surface area contributed by atoms with E-state index < -0.39 is 10.0 Å². The molecule has 0 amide bonds. The lowest BCUT2D eigenvalue weighted by atomic mass is 10.1. The Labute approximate surface area is 148 Å². The number of hydrogen-bond acceptors (Lipinski definition) is 4. The maximum absolute atomic E-state index is 12.8. The van der Waals surface area contributed by atoms with Crippen molar-refractivity contribution in [2.24, 2.45) is 0 Å². The number of nitriles is 1. The minimum atomic E-state index is -3.89. The van der Waals surface area contributed by atoms with Crippen LogP contribution in [0.3, 0.4) is 0 Å². The molecule has 0 saturated carbocycles. The third-order valence-corrected chi connectivity index (χ3v) is 5.79. The highest BCUT2D eigenvalue weighted by atomic mass is 79.9.